The second kappa shape index (κ2) is 4.61. The molecule has 0 spiro atoms. The number of carbonyl (C=O) groups is 1. The molecular weight excluding hydrogens is 184 g/mol. The van der Waals surface area contributed by atoms with Gasteiger partial charge in [0, 0.05) is 12.8 Å². The first-order chi connectivity index (χ1) is 7.31. The lowest BCUT2D eigenvalue weighted by atomic mass is 9.80. The first-order valence-corrected chi connectivity index (χ1v) is 5.90. The van der Waals surface area contributed by atoms with Crippen molar-refractivity contribution < 1.29 is 4.79 Å². The molecule has 1 nitrogen and oxygen atoms in total. The van der Waals surface area contributed by atoms with Gasteiger partial charge in [-0.2, -0.15) is 0 Å². The molecule has 0 bridgehead atoms. The van der Waals surface area contributed by atoms with Crippen LogP contribution in [0.2, 0.25) is 0 Å². The van der Waals surface area contributed by atoms with E-state index in [0.717, 1.165) is 6.42 Å². The van der Waals surface area contributed by atoms with E-state index in [4.69, 9.17) is 0 Å². The molecule has 1 aromatic carbocycles. The van der Waals surface area contributed by atoms with Crippen molar-refractivity contribution >= 4 is 5.78 Å². The van der Waals surface area contributed by atoms with Crippen molar-refractivity contribution in [1.29, 1.82) is 0 Å². The van der Waals surface area contributed by atoms with Crippen LogP contribution in [0.15, 0.2) is 24.3 Å². The van der Waals surface area contributed by atoms with Gasteiger partial charge in [-0.25, -0.2) is 0 Å². The van der Waals surface area contributed by atoms with E-state index >= 15 is 0 Å². The van der Waals surface area contributed by atoms with Crippen LogP contribution in [0.1, 0.15) is 49.7 Å². The second-order valence-corrected chi connectivity index (χ2v) is 4.46. The van der Waals surface area contributed by atoms with Crippen molar-refractivity contribution in [2.45, 2.75) is 44.9 Å². The monoisotopic (exact) mass is 202 g/mol. The van der Waals surface area contributed by atoms with E-state index in [0.29, 0.717) is 18.1 Å². The quantitative estimate of drug-likeness (QED) is 0.733. The van der Waals surface area contributed by atoms with Crippen molar-refractivity contribution in [2.24, 2.45) is 0 Å². The van der Waals surface area contributed by atoms with E-state index in [-0.39, 0.29) is 0 Å². The van der Waals surface area contributed by atoms with E-state index in [2.05, 4.69) is 25.1 Å². The number of rotatable bonds is 3. The Balaban J connectivity index is 2.22. The number of ketones is 1. The molecule has 1 aliphatic rings. The first-order valence-electron chi connectivity index (χ1n) is 5.90. The number of carbonyl (C=O) groups excluding carboxylic acids is 1. The van der Waals surface area contributed by atoms with Gasteiger partial charge < -0.3 is 0 Å². The van der Waals surface area contributed by atoms with Gasteiger partial charge in [-0.15, -0.1) is 0 Å². The van der Waals surface area contributed by atoms with E-state index in [1.54, 1.807) is 0 Å². The number of Topliss-reactive ketones (excluding diaryl/α,β-unsaturated/α-hetero) is 1. The predicted molar refractivity (Wildman–Crippen MR) is 62.0 cm³/mol. The molecule has 0 saturated heterocycles. The maximum absolute atomic E-state index is 11.6. The van der Waals surface area contributed by atoms with Crippen molar-refractivity contribution in [3.63, 3.8) is 0 Å². The fourth-order valence-corrected chi connectivity index (χ4v) is 2.47. The summed E-state index contributed by atoms with van der Waals surface area (Å²) in [5, 5.41) is 0. The molecule has 1 heteroatoms. The predicted octanol–water partition coefficient (Wildman–Crippen LogP) is 3.48. The molecule has 0 saturated carbocycles. The van der Waals surface area contributed by atoms with Crippen LogP contribution in [0, 0.1) is 0 Å². The Hall–Kier alpha value is -1.11. The van der Waals surface area contributed by atoms with E-state index in [1.807, 2.05) is 6.07 Å². The molecular formula is C14H18O. The lowest BCUT2D eigenvalue weighted by Crippen LogP contribution is -2.18. The highest BCUT2D eigenvalue weighted by Gasteiger charge is 2.23. The molecule has 0 amide bonds. The molecule has 2 rings (SSSR count). The molecule has 0 heterocycles. The fraction of sp³-hybridized carbons (Fsp3) is 0.500. The van der Waals surface area contributed by atoms with Crippen LogP contribution in [0.25, 0.3) is 0 Å². The molecule has 0 aliphatic heterocycles. The summed E-state index contributed by atoms with van der Waals surface area (Å²) in [5.41, 5.74) is 2.68. The van der Waals surface area contributed by atoms with Crippen molar-refractivity contribution in [2.75, 3.05) is 0 Å². The number of fused-ring (bicyclic) bond motifs is 1. The van der Waals surface area contributed by atoms with Gasteiger partial charge in [0.15, 0.2) is 0 Å². The molecule has 0 radical (unpaired) electrons. The average Bonchev–Trinajstić information content (AvgIpc) is 2.25. The molecule has 0 fully saturated rings. The van der Waals surface area contributed by atoms with Crippen molar-refractivity contribution in [1.82, 2.24) is 0 Å². The zero-order valence-corrected chi connectivity index (χ0v) is 9.33. The lowest BCUT2D eigenvalue weighted by Gasteiger charge is -2.24. The normalized spacial score (nSPS) is 20.1. The van der Waals surface area contributed by atoms with E-state index in [1.165, 1.54) is 30.4 Å². The van der Waals surface area contributed by atoms with Gasteiger partial charge >= 0.3 is 0 Å². The van der Waals surface area contributed by atoms with Gasteiger partial charge in [0.05, 0.1) is 0 Å². The maximum Gasteiger partial charge on any atom is 0.137 e. The number of hydrogen-bond donors (Lipinski definition) is 0. The summed E-state index contributed by atoms with van der Waals surface area (Å²) in [6, 6.07) is 8.43. The Labute approximate surface area is 91.5 Å². The van der Waals surface area contributed by atoms with E-state index < -0.39 is 0 Å². The summed E-state index contributed by atoms with van der Waals surface area (Å²) < 4.78 is 0. The number of unbranched alkanes of at least 4 members (excludes halogenated alkanes) is 1. The highest BCUT2D eigenvalue weighted by Crippen LogP contribution is 2.33. The third-order valence-electron chi connectivity index (χ3n) is 3.26. The summed E-state index contributed by atoms with van der Waals surface area (Å²) in [7, 11) is 0. The molecule has 1 aromatic rings. The minimum Gasteiger partial charge on any atom is -0.299 e. The van der Waals surface area contributed by atoms with Crippen LogP contribution in [0.3, 0.4) is 0 Å². The van der Waals surface area contributed by atoms with Gasteiger partial charge in [0.1, 0.15) is 5.78 Å². The summed E-state index contributed by atoms with van der Waals surface area (Å²) in [5.74, 6) is 0.900. The van der Waals surface area contributed by atoms with E-state index in [9.17, 15) is 4.79 Å². The second-order valence-electron chi connectivity index (χ2n) is 4.46. The van der Waals surface area contributed by atoms with Gasteiger partial charge in [-0.1, -0.05) is 44.0 Å². The third kappa shape index (κ3) is 2.28. The molecule has 0 N–H and O–H groups in total. The van der Waals surface area contributed by atoms with Gasteiger partial charge in [-0.05, 0) is 23.5 Å². The standard InChI is InChI=1S/C14H18O/c1-2-3-6-11-9-13(15)10-12-7-4-5-8-14(11)12/h4-5,7-8,11H,2-3,6,9-10H2,1H3. The summed E-state index contributed by atoms with van der Waals surface area (Å²) in [6.45, 7) is 2.20. The Kier molecular flexibility index (Phi) is 3.20. The Morgan fingerprint density at radius 1 is 1.33 bits per heavy atom. The number of hydrogen-bond acceptors (Lipinski definition) is 1. The minimum atomic E-state index is 0.412. The van der Waals surface area contributed by atoms with Gasteiger partial charge in [-0.3, -0.25) is 4.79 Å². The van der Waals surface area contributed by atoms with Crippen LogP contribution in [0.4, 0.5) is 0 Å². The molecule has 0 aromatic heterocycles. The Morgan fingerprint density at radius 2 is 2.13 bits per heavy atom. The van der Waals surface area contributed by atoms with Crippen LogP contribution in [-0.4, -0.2) is 5.78 Å². The van der Waals surface area contributed by atoms with Crippen LogP contribution in [0.5, 0.6) is 0 Å². The smallest absolute Gasteiger partial charge is 0.137 e. The van der Waals surface area contributed by atoms with Crippen LogP contribution < -0.4 is 0 Å². The largest absolute Gasteiger partial charge is 0.299 e. The number of benzene rings is 1. The van der Waals surface area contributed by atoms with Crippen molar-refractivity contribution in [3.05, 3.63) is 35.4 Å². The average molecular weight is 202 g/mol. The topological polar surface area (TPSA) is 17.1 Å². The van der Waals surface area contributed by atoms with Gasteiger partial charge in [0.2, 0.25) is 0 Å². The Bertz CT molecular complexity index is 354. The maximum atomic E-state index is 11.6. The first kappa shape index (κ1) is 10.4. The van der Waals surface area contributed by atoms with Crippen LogP contribution in [-0.2, 0) is 11.2 Å². The molecule has 15 heavy (non-hydrogen) atoms. The summed E-state index contributed by atoms with van der Waals surface area (Å²) in [4.78, 5) is 11.6. The zero-order valence-electron chi connectivity index (χ0n) is 9.33. The fourth-order valence-electron chi connectivity index (χ4n) is 2.47. The lowest BCUT2D eigenvalue weighted by molar-refractivity contribution is -0.119. The SMILES string of the molecule is CCCCC1CC(=O)Cc2ccccc21. The third-order valence-corrected chi connectivity index (χ3v) is 3.26. The minimum absolute atomic E-state index is 0.412. The molecule has 1 atom stereocenters. The Morgan fingerprint density at radius 3 is 2.93 bits per heavy atom. The molecule has 1 unspecified atom stereocenters. The highest BCUT2D eigenvalue weighted by molar-refractivity contribution is 5.84. The zero-order chi connectivity index (χ0) is 10.7. The van der Waals surface area contributed by atoms with Crippen LogP contribution >= 0.6 is 0 Å². The van der Waals surface area contributed by atoms with Crippen molar-refractivity contribution in [3.8, 4) is 0 Å². The molecule has 1 aliphatic carbocycles. The molecule has 80 valence electrons. The van der Waals surface area contributed by atoms with Gasteiger partial charge in [0.25, 0.3) is 0 Å². The summed E-state index contributed by atoms with van der Waals surface area (Å²) >= 11 is 0. The highest BCUT2D eigenvalue weighted by atomic mass is 16.1. The summed E-state index contributed by atoms with van der Waals surface area (Å²) in [6.07, 6.45) is 5.02.